The number of nitrogens with zero attached hydrogens (tertiary/aromatic N) is 2. The van der Waals surface area contributed by atoms with Crippen LogP contribution in [0.3, 0.4) is 0 Å². The summed E-state index contributed by atoms with van der Waals surface area (Å²) in [6.07, 6.45) is 1.85. The summed E-state index contributed by atoms with van der Waals surface area (Å²) in [7, 11) is 0. The van der Waals surface area contributed by atoms with Gasteiger partial charge in [-0.15, -0.1) is 0 Å². The minimum absolute atomic E-state index is 0.0343. The van der Waals surface area contributed by atoms with Gasteiger partial charge in [0, 0.05) is 43.1 Å². The van der Waals surface area contributed by atoms with Gasteiger partial charge >= 0.3 is 6.03 Å². The molecule has 4 rings (SSSR count). The van der Waals surface area contributed by atoms with Crippen molar-refractivity contribution in [1.29, 1.82) is 0 Å². The van der Waals surface area contributed by atoms with Crippen molar-refractivity contribution in [3.8, 4) is 0 Å². The van der Waals surface area contributed by atoms with Crippen LogP contribution in [-0.4, -0.2) is 43.4 Å². The topological polar surface area (TPSA) is 78.7 Å². The van der Waals surface area contributed by atoms with Crippen molar-refractivity contribution >= 4 is 23.7 Å². The van der Waals surface area contributed by atoms with Gasteiger partial charge in [-0.1, -0.05) is 26.0 Å². The molecule has 0 bridgehead atoms. The van der Waals surface area contributed by atoms with E-state index in [1.807, 2.05) is 18.2 Å². The second-order valence-corrected chi connectivity index (χ2v) is 8.62. The minimum Gasteiger partial charge on any atom is -0.378 e. The van der Waals surface area contributed by atoms with Crippen molar-refractivity contribution in [3.05, 3.63) is 59.2 Å². The molecule has 2 aromatic carbocycles. The summed E-state index contributed by atoms with van der Waals surface area (Å²) in [4.78, 5) is 26.5. The third kappa shape index (κ3) is 3.79. The Morgan fingerprint density at radius 3 is 2.59 bits per heavy atom. The average Bonchev–Trinajstić information content (AvgIpc) is 2.73. The van der Waals surface area contributed by atoms with Crippen molar-refractivity contribution in [2.45, 2.75) is 31.7 Å². The molecule has 2 amide bonds. The Morgan fingerprint density at radius 1 is 1.14 bits per heavy atom. The number of hydrogen-bond donors (Lipinski definition) is 2. The van der Waals surface area contributed by atoms with Crippen LogP contribution in [0.2, 0.25) is 0 Å². The van der Waals surface area contributed by atoms with Crippen molar-refractivity contribution in [3.63, 3.8) is 0 Å². The number of benzene rings is 2. The third-order valence-corrected chi connectivity index (χ3v) is 6.18. The summed E-state index contributed by atoms with van der Waals surface area (Å²) in [5.74, 6) is 0. The number of hydrogen-bond acceptors (Lipinski definition) is 4. The van der Waals surface area contributed by atoms with E-state index in [0.717, 1.165) is 31.5 Å². The van der Waals surface area contributed by atoms with Crippen LogP contribution in [0.1, 0.15) is 47.8 Å². The van der Waals surface area contributed by atoms with Crippen LogP contribution in [0.4, 0.5) is 16.2 Å². The van der Waals surface area contributed by atoms with Gasteiger partial charge in [0.05, 0.1) is 6.04 Å². The number of fused-ring (bicyclic) bond motifs is 1. The number of carbonyl (C=O) groups is 2. The Morgan fingerprint density at radius 2 is 1.90 bits per heavy atom. The van der Waals surface area contributed by atoms with Gasteiger partial charge in [0.2, 0.25) is 0 Å². The first-order valence-electron chi connectivity index (χ1n) is 10.1. The molecule has 1 unspecified atom stereocenters. The molecule has 152 valence electrons. The largest absolute Gasteiger partial charge is 0.378 e. The predicted molar refractivity (Wildman–Crippen MR) is 116 cm³/mol. The molecule has 6 heteroatoms. The van der Waals surface area contributed by atoms with Crippen LogP contribution in [0.25, 0.3) is 0 Å². The number of nitrogens with two attached hydrogens (primary N) is 1. The van der Waals surface area contributed by atoms with Crippen LogP contribution in [0.5, 0.6) is 0 Å². The molecular formula is C23H28N4O2. The van der Waals surface area contributed by atoms with Gasteiger partial charge in [0.25, 0.3) is 0 Å². The van der Waals surface area contributed by atoms with Gasteiger partial charge in [0.1, 0.15) is 6.29 Å². The van der Waals surface area contributed by atoms with Crippen LogP contribution >= 0.6 is 0 Å². The Kier molecular flexibility index (Phi) is 4.94. The van der Waals surface area contributed by atoms with E-state index in [2.05, 4.69) is 48.3 Å². The first-order chi connectivity index (χ1) is 13.9. The number of rotatable bonds is 3. The summed E-state index contributed by atoms with van der Waals surface area (Å²) in [6, 6.07) is 14.4. The molecule has 2 aliphatic rings. The van der Waals surface area contributed by atoms with E-state index in [1.165, 1.54) is 16.8 Å². The smallest absolute Gasteiger partial charge is 0.314 e. The first kappa shape index (κ1) is 19.3. The standard InChI is InChI=1S/C23H28N4O2/c1-23(2)14-21(25-20-7-6-16(15-28)12-19(20)23)17-4-3-5-18(13-17)26-8-10-27(11-9-26)22(24)29/h3-7,12-13,15,21,25H,8-11,14H2,1-2H3,(H2,24,29). The molecule has 2 aromatic rings. The number of amides is 2. The Bertz CT molecular complexity index is 932. The van der Waals surface area contributed by atoms with Crippen LogP contribution < -0.4 is 16.0 Å². The molecule has 2 heterocycles. The highest BCUT2D eigenvalue weighted by molar-refractivity contribution is 5.78. The average molecular weight is 393 g/mol. The summed E-state index contributed by atoms with van der Waals surface area (Å²) in [6.45, 7) is 7.35. The summed E-state index contributed by atoms with van der Waals surface area (Å²) < 4.78 is 0. The highest BCUT2D eigenvalue weighted by atomic mass is 16.2. The van der Waals surface area contributed by atoms with E-state index >= 15 is 0 Å². The summed E-state index contributed by atoms with van der Waals surface area (Å²) in [5, 5.41) is 3.67. The van der Waals surface area contributed by atoms with E-state index in [9.17, 15) is 9.59 Å². The third-order valence-electron chi connectivity index (χ3n) is 6.18. The lowest BCUT2D eigenvalue weighted by atomic mass is 9.73. The lowest BCUT2D eigenvalue weighted by Crippen LogP contribution is -2.50. The molecule has 0 saturated carbocycles. The lowest BCUT2D eigenvalue weighted by molar-refractivity contribution is 0.112. The van der Waals surface area contributed by atoms with Crippen molar-refractivity contribution in [2.24, 2.45) is 5.73 Å². The van der Waals surface area contributed by atoms with E-state index in [4.69, 9.17) is 5.73 Å². The van der Waals surface area contributed by atoms with Crippen LogP contribution in [0.15, 0.2) is 42.5 Å². The van der Waals surface area contributed by atoms with E-state index < -0.39 is 0 Å². The minimum atomic E-state index is -0.344. The van der Waals surface area contributed by atoms with E-state index in [1.54, 1.807) is 4.90 Å². The molecular weight excluding hydrogens is 364 g/mol. The van der Waals surface area contributed by atoms with Crippen molar-refractivity contribution < 1.29 is 9.59 Å². The highest BCUT2D eigenvalue weighted by Gasteiger charge is 2.33. The van der Waals surface area contributed by atoms with Gasteiger partial charge in [0.15, 0.2) is 0 Å². The molecule has 6 nitrogen and oxygen atoms in total. The molecule has 1 atom stereocenters. The van der Waals surface area contributed by atoms with E-state index in [-0.39, 0.29) is 17.5 Å². The number of aldehydes is 1. The number of carbonyl (C=O) groups excluding carboxylic acids is 2. The second-order valence-electron chi connectivity index (χ2n) is 8.62. The SMILES string of the molecule is CC1(C)CC(c2cccc(N3CCN(C(N)=O)CC3)c2)Nc2ccc(C=O)cc21. The quantitative estimate of drug-likeness (QED) is 0.783. The molecule has 1 saturated heterocycles. The number of piperazine rings is 1. The fraction of sp³-hybridized carbons (Fsp3) is 0.391. The highest BCUT2D eigenvalue weighted by Crippen LogP contribution is 2.44. The first-order valence-corrected chi connectivity index (χ1v) is 10.1. The van der Waals surface area contributed by atoms with Crippen LogP contribution in [0, 0.1) is 0 Å². The number of anilines is 2. The monoisotopic (exact) mass is 392 g/mol. The van der Waals surface area contributed by atoms with E-state index in [0.29, 0.717) is 18.7 Å². The number of nitrogens with one attached hydrogen (secondary N) is 1. The van der Waals surface area contributed by atoms with Gasteiger partial charge in [-0.2, -0.15) is 0 Å². The second kappa shape index (κ2) is 7.43. The maximum absolute atomic E-state index is 11.4. The molecule has 0 aromatic heterocycles. The zero-order chi connectivity index (χ0) is 20.6. The molecule has 29 heavy (non-hydrogen) atoms. The molecule has 0 aliphatic carbocycles. The summed E-state index contributed by atoms with van der Waals surface area (Å²) in [5.41, 5.74) is 10.8. The zero-order valence-corrected chi connectivity index (χ0v) is 17.0. The van der Waals surface area contributed by atoms with Gasteiger partial charge in [-0.05, 0) is 53.3 Å². The Balaban J connectivity index is 1.56. The van der Waals surface area contributed by atoms with Gasteiger partial charge in [-0.3, -0.25) is 4.79 Å². The lowest BCUT2D eigenvalue weighted by Gasteiger charge is -2.40. The normalized spacial score (nSPS) is 20.6. The zero-order valence-electron chi connectivity index (χ0n) is 17.0. The molecule has 2 aliphatic heterocycles. The molecule has 3 N–H and O–H groups in total. The molecule has 1 fully saturated rings. The molecule has 0 radical (unpaired) electrons. The van der Waals surface area contributed by atoms with Gasteiger partial charge < -0.3 is 20.9 Å². The maximum atomic E-state index is 11.4. The van der Waals surface area contributed by atoms with Crippen LogP contribution in [-0.2, 0) is 5.41 Å². The van der Waals surface area contributed by atoms with Crippen molar-refractivity contribution in [1.82, 2.24) is 4.90 Å². The predicted octanol–water partition coefficient (Wildman–Crippen LogP) is 3.53. The van der Waals surface area contributed by atoms with Gasteiger partial charge in [-0.25, -0.2) is 4.79 Å². The number of primary amides is 1. The number of urea groups is 1. The fourth-order valence-corrected chi connectivity index (χ4v) is 4.50. The Labute approximate surface area is 171 Å². The summed E-state index contributed by atoms with van der Waals surface area (Å²) >= 11 is 0. The fourth-order valence-electron chi connectivity index (χ4n) is 4.50. The Hall–Kier alpha value is -3.02. The van der Waals surface area contributed by atoms with Crippen molar-refractivity contribution in [2.75, 3.05) is 36.4 Å². The molecule has 0 spiro atoms. The maximum Gasteiger partial charge on any atom is 0.314 e.